The van der Waals surface area contributed by atoms with Crippen molar-refractivity contribution in [2.45, 2.75) is 33.9 Å². The smallest absolute Gasteiger partial charge is 0.0758 e. The SMILES string of the molecule is Cc1c(NCc2cnn(CC(C)C)c2)cnn1C. The van der Waals surface area contributed by atoms with Crippen LogP contribution in [0.2, 0.25) is 0 Å². The third kappa shape index (κ3) is 2.91. The van der Waals surface area contributed by atoms with Crippen molar-refractivity contribution in [2.75, 3.05) is 5.32 Å². The third-order valence-corrected chi connectivity index (χ3v) is 2.96. The molecular formula is C13H21N5. The molecule has 0 aliphatic heterocycles. The largest absolute Gasteiger partial charge is 0.378 e. The monoisotopic (exact) mass is 247 g/mol. The molecule has 0 aliphatic rings. The first-order valence-corrected chi connectivity index (χ1v) is 6.30. The molecule has 0 bridgehead atoms. The Balaban J connectivity index is 1.94. The van der Waals surface area contributed by atoms with Crippen LogP contribution < -0.4 is 5.32 Å². The molecule has 5 nitrogen and oxygen atoms in total. The van der Waals surface area contributed by atoms with E-state index in [9.17, 15) is 0 Å². The van der Waals surface area contributed by atoms with Gasteiger partial charge in [-0.1, -0.05) is 13.8 Å². The minimum absolute atomic E-state index is 0.617. The van der Waals surface area contributed by atoms with E-state index in [-0.39, 0.29) is 0 Å². The Kier molecular flexibility index (Phi) is 3.69. The van der Waals surface area contributed by atoms with Gasteiger partial charge in [0.15, 0.2) is 0 Å². The van der Waals surface area contributed by atoms with Crippen LogP contribution >= 0.6 is 0 Å². The summed E-state index contributed by atoms with van der Waals surface area (Å²) < 4.78 is 3.86. The summed E-state index contributed by atoms with van der Waals surface area (Å²) in [6.07, 6.45) is 5.87. The Morgan fingerprint density at radius 2 is 2.06 bits per heavy atom. The summed E-state index contributed by atoms with van der Waals surface area (Å²) in [7, 11) is 1.95. The molecule has 2 aromatic heterocycles. The fourth-order valence-corrected chi connectivity index (χ4v) is 1.84. The van der Waals surface area contributed by atoms with E-state index in [2.05, 4.69) is 42.5 Å². The maximum Gasteiger partial charge on any atom is 0.0758 e. The van der Waals surface area contributed by atoms with Gasteiger partial charge in [-0.25, -0.2) is 0 Å². The molecule has 0 saturated carbocycles. The van der Waals surface area contributed by atoms with Crippen LogP contribution in [0.5, 0.6) is 0 Å². The van der Waals surface area contributed by atoms with Crippen LogP contribution in [0.1, 0.15) is 25.1 Å². The van der Waals surface area contributed by atoms with Gasteiger partial charge in [-0.15, -0.1) is 0 Å². The lowest BCUT2D eigenvalue weighted by molar-refractivity contribution is 0.483. The number of nitrogens with one attached hydrogen (secondary N) is 1. The maximum absolute atomic E-state index is 4.35. The molecule has 0 unspecified atom stereocenters. The average molecular weight is 247 g/mol. The van der Waals surface area contributed by atoms with E-state index in [4.69, 9.17) is 0 Å². The topological polar surface area (TPSA) is 47.7 Å². The molecule has 2 aromatic rings. The van der Waals surface area contributed by atoms with Crippen LogP contribution in [0.3, 0.4) is 0 Å². The lowest BCUT2D eigenvalue weighted by Crippen LogP contribution is -2.04. The molecule has 0 radical (unpaired) electrons. The van der Waals surface area contributed by atoms with Gasteiger partial charge in [-0.2, -0.15) is 10.2 Å². The summed E-state index contributed by atoms with van der Waals surface area (Å²) >= 11 is 0. The zero-order valence-electron chi connectivity index (χ0n) is 11.5. The van der Waals surface area contributed by atoms with Crippen molar-refractivity contribution in [3.8, 4) is 0 Å². The van der Waals surface area contributed by atoms with Gasteiger partial charge in [0, 0.05) is 31.9 Å². The lowest BCUT2D eigenvalue weighted by atomic mass is 10.2. The highest BCUT2D eigenvalue weighted by atomic mass is 15.3. The van der Waals surface area contributed by atoms with E-state index in [1.165, 1.54) is 5.56 Å². The molecule has 2 heterocycles. The van der Waals surface area contributed by atoms with E-state index in [0.717, 1.165) is 24.5 Å². The Labute approximate surface area is 108 Å². The first kappa shape index (κ1) is 12.7. The second-order valence-corrected chi connectivity index (χ2v) is 5.09. The molecule has 0 saturated heterocycles. The molecular weight excluding hydrogens is 226 g/mol. The summed E-state index contributed by atoms with van der Waals surface area (Å²) in [4.78, 5) is 0. The fraction of sp³-hybridized carbons (Fsp3) is 0.538. The Morgan fingerprint density at radius 3 is 2.67 bits per heavy atom. The third-order valence-electron chi connectivity index (χ3n) is 2.96. The van der Waals surface area contributed by atoms with Gasteiger partial charge in [0.05, 0.1) is 23.8 Å². The number of aryl methyl sites for hydroxylation is 1. The van der Waals surface area contributed by atoms with Crippen LogP contribution in [0, 0.1) is 12.8 Å². The van der Waals surface area contributed by atoms with Crippen molar-refractivity contribution in [1.82, 2.24) is 19.6 Å². The fourth-order valence-electron chi connectivity index (χ4n) is 1.84. The Morgan fingerprint density at radius 1 is 1.28 bits per heavy atom. The normalized spacial score (nSPS) is 11.2. The van der Waals surface area contributed by atoms with Crippen LogP contribution in [0.4, 0.5) is 5.69 Å². The van der Waals surface area contributed by atoms with Gasteiger partial charge in [-0.3, -0.25) is 9.36 Å². The predicted octanol–water partition coefficient (Wildman–Crippen LogP) is 2.19. The van der Waals surface area contributed by atoms with Gasteiger partial charge in [-0.05, 0) is 12.8 Å². The van der Waals surface area contributed by atoms with Gasteiger partial charge in [0.25, 0.3) is 0 Å². The van der Waals surface area contributed by atoms with Crippen molar-refractivity contribution in [1.29, 1.82) is 0 Å². The zero-order valence-corrected chi connectivity index (χ0v) is 11.5. The summed E-state index contributed by atoms with van der Waals surface area (Å²) in [5.41, 5.74) is 3.41. The lowest BCUT2D eigenvalue weighted by Gasteiger charge is -2.04. The van der Waals surface area contributed by atoms with E-state index >= 15 is 0 Å². The summed E-state index contributed by atoms with van der Waals surface area (Å²) in [6.45, 7) is 8.19. The highest BCUT2D eigenvalue weighted by Gasteiger charge is 2.04. The molecule has 2 rings (SSSR count). The first-order chi connectivity index (χ1) is 8.56. The van der Waals surface area contributed by atoms with Gasteiger partial charge >= 0.3 is 0 Å². The molecule has 0 spiro atoms. The molecule has 0 fully saturated rings. The van der Waals surface area contributed by atoms with Crippen molar-refractivity contribution in [3.05, 3.63) is 29.8 Å². The van der Waals surface area contributed by atoms with E-state index < -0.39 is 0 Å². The second-order valence-electron chi connectivity index (χ2n) is 5.09. The summed E-state index contributed by atoms with van der Waals surface area (Å²) in [5.74, 6) is 0.617. The highest BCUT2D eigenvalue weighted by Crippen LogP contribution is 2.13. The molecule has 0 aliphatic carbocycles. The quantitative estimate of drug-likeness (QED) is 0.881. The number of hydrogen-bond donors (Lipinski definition) is 1. The molecule has 18 heavy (non-hydrogen) atoms. The molecule has 1 N–H and O–H groups in total. The minimum Gasteiger partial charge on any atom is -0.378 e. The number of hydrogen-bond acceptors (Lipinski definition) is 3. The molecule has 0 amide bonds. The van der Waals surface area contributed by atoms with Crippen molar-refractivity contribution in [2.24, 2.45) is 13.0 Å². The Bertz CT molecular complexity index is 509. The van der Waals surface area contributed by atoms with Crippen LogP contribution in [0.15, 0.2) is 18.6 Å². The highest BCUT2D eigenvalue weighted by molar-refractivity contribution is 5.45. The summed E-state index contributed by atoms with van der Waals surface area (Å²) in [5, 5.41) is 11.9. The van der Waals surface area contributed by atoms with Crippen LogP contribution in [-0.4, -0.2) is 19.6 Å². The number of anilines is 1. The standard InChI is InChI=1S/C13H21N5/c1-10(2)8-18-9-12(6-16-18)5-14-13-7-15-17(4)11(13)3/h6-7,9-10,14H,5,8H2,1-4H3. The number of rotatable bonds is 5. The van der Waals surface area contributed by atoms with E-state index in [1.54, 1.807) is 0 Å². The second kappa shape index (κ2) is 5.25. The van der Waals surface area contributed by atoms with Crippen LogP contribution in [-0.2, 0) is 20.1 Å². The zero-order chi connectivity index (χ0) is 13.1. The molecule has 0 atom stereocenters. The van der Waals surface area contributed by atoms with Gasteiger partial charge in [0.1, 0.15) is 0 Å². The molecule has 98 valence electrons. The molecule has 5 heteroatoms. The van der Waals surface area contributed by atoms with Crippen LogP contribution in [0.25, 0.3) is 0 Å². The van der Waals surface area contributed by atoms with Gasteiger partial charge in [0.2, 0.25) is 0 Å². The predicted molar refractivity (Wildman–Crippen MR) is 72.3 cm³/mol. The molecule has 0 aromatic carbocycles. The Hall–Kier alpha value is -1.78. The number of nitrogens with zero attached hydrogens (tertiary/aromatic N) is 4. The number of aromatic nitrogens is 4. The summed E-state index contributed by atoms with van der Waals surface area (Å²) in [6, 6.07) is 0. The minimum atomic E-state index is 0.617. The average Bonchev–Trinajstić information content (AvgIpc) is 2.86. The van der Waals surface area contributed by atoms with E-state index in [0.29, 0.717) is 5.92 Å². The van der Waals surface area contributed by atoms with Gasteiger partial charge < -0.3 is 5.32 Å². The first-order valence-electron chi connectivity index (χ1n) is 6.30. The van der Waals surface area contributed by atoms with Crippen molar-refractivity contribution < 1.29 is 0 Å². The van der Waals surface area contributed by atoms with Crippen molar-refractivity contribution in [3.63, 3.8) is 0 Å². The maximum atomic E-state index is 4.35. The van der Waals surface area contributed by atoms with Crippen molar-refractivity contribution >= 4 is 5.69 Å². The van der Waals surface area contributed by atoms with E-state index in [1.807, 2.05) is 28.8 Å².